The molecule has 140 valence electrons. The summed E-state index contributed by atoms with van der Waals surface area (Å²) >= 11 is 0. The van der Waals surface area contributed by atoms with Crippen molar-refractivity contribution in [1.29, 1.82) is 0 Å². The van der Waals surface area contributed by atoms with E-state index in [1.54, 1.807) is 0 Å². The van der Waals surface area contributed by atoms with Crippen LogP contribution in [0.4, 0.5) is 4.39 Å². The average molecular weight is 359 g/mol. The number of carbonyl (C=O) groups excluding carboxylic acids is 1. The highest BCUT2D eigenvalue weighted by molar-refractivity contribution is 6.00. The van der Waals surface area contributed by atoms with Crippen LogP contribution in [0.3, 0.4) is 0 Å². The van der Waals surface area contributed by atoms with Crippen LogP contribution in [0, 0.1) is 11.7 Å². The molecule has 26 heavy (non-hydrogen) atoms. The van der Waals surface area contributed by atoms with Gasteiger partial charge in [-0.05, 0) is 51.4 Å². The number of halogens is 1. The molecular weight excluding hydrogens is 333 g/mol. The quantitative estimate of drug-likeness (QED) is 0.738. The Balaban J connectivity index is 1.69. The van der Waals surface area contributed by atoms with E-state index in [-0.39, 0.29) is 11.7 Å². The molecule has 1 aromatic carbocycles. The van der Waals surface area contributed by atoms with Gasteiger partial charge in [0.1, 0.15) is 11.6 Å². The maximum Gasteiger partial charge on any atom is 0.171 e. The van der Waals surface area contributed by atoms with E-state index in [1.165, 1.54) is 25.3 Å². The highest BCUT2D eigenvalue weighted by Gasteiger charge is 2.28. The van der Waals surface area contributed by atoms with E-state index in [1.807, 2.05) is 10.9 Å². The maximum absolute atomic E-state index is 13.6. The lowest BCUT2D eigenvalue weighted by Crippen LogP contribution is -2.38. The smallest absolute Gasteiger partial charge is 0.171 e. The van der Waals surface area contributed by atoms with Gasteiger partial charge in [-0.2, -0.15) is 5.10 Å². The fraction of sp³-hybridized carbons (Fsp3) is 0.500. The van der Waals surface area contributed by atoms with Crippen molar-refractivity contribution < 1.29 is 13.9 Å². The van der Waals surface area contributed by atoms with E-state index >= 15 is 0 Å². The summed E-state index contributed by atoms with van der Waals surface area (Å²) in [6.45, 7) is 6.59. The lowest BCUT2D eigenvalue weighted by molar-refractivity contribution is 0.0808. The minimum atomic E-state index is -0.414. The van der Waals surface area contributed by atoms with Crippen molar-refractivity contribution in [2.24, 2.45) is 5.92 Å². The van der Waals surface area contributed by atoms with Crippen LogP contribution < -0.4 is 4.74 Å². The average Bonchev–Trinajstić information content (AvgIpc) is 3.10. The summed E-state index contributed by atoms with van der Waals surface area (Å²) in [4.78, 5) is 15.2. The number of hydrogen-bond donors (Lipinski definition) is 0. The molecule has 0 amide bonds. The molecule has 1 aliphatic heterocycles. The molecule has 0 unspecified atom stereocenters. The van der Waals surface area contributed by atoms with Gasteiger partial charge in [-0.15, -0.1) is 0 Å². The Kier molecular flexibility index (Phi) is 5.71. The number of nitrogens with zero attached hydrogens (tertiary/aromatic N) is 3. The molecule has 1 aliphatic rings. The lowest BCUT2D eigenvalue weighted by atomic mass is 9.89. The molecule has 0 saturated carbocycles. The van der Waals surface area contributed by atoms with Crippen molar-refractivity contribution in [3.63, 3.8) is 0 Å². The minimum Gasteiger partial charge on any atom is -0.496 e. The first kappa shape index (κ1) is 18.6. The number of benzene rings is 1. The molecule has 0 N–H and O–H groups in total. The molecular formula is C20H26FN3O2. The summed E-state index contributed by atoms with van der Waals surface area (Å²) < 4.78 is 20.8. The minimum absolute atomic E-state index is 0.0380. The van der Waals surface area contributed by atoms with E-state index in [0.717, 1.165) is 31.5 Å². The molecule has 0 aliphatic carbocycles. The molecule has 1 atom stereocenters. The number of rotatable bonds is 6. The number of ketones is 1. The fourth-order valence-electron chi connectivity index (χ4n) is 3.51. The Hall–Kier alpha value is -2.21. The summed E-state index contributed by atoms with van der Waals surface area (Å²) in [5.41, 5.74) is 1.49. The standard InChI is InChI=1S/C20H26FN3O2/c1-14(2)24-12-15(10-22-24)11-23-8-4-5-16(13-23)20(25)18-9-17(21)6-7-19(18)26-3/h6-7,9-10,12,14,16H,4-5,8,11,13H2,1-3H3/t16-/m1/s1. The maximum atomic E-state index is 13.6. The van der Waals surface area contributed by atoms with Gasteiger partial charge in [0.2, 0.25) is 0 Å². The predicted octanol–water partition coefficient (Wildman–Crippen LogP) is 3.71. The van der Waals surface area contributed by atoms with Crippen LogP contribution in [0.25, 0.3) is 0 Å². The molecule has 1 fully saturated rings. The summed E-state index contributed by atoms with van der Waals surface area (Å²) in [6, 6.07) is 4.45. The number of ether oxygens (including phenoxy) is 1. The summed E-state index contributed by atoms with van der Waals surface area (Å²) in [5, 5.41) is 4.38. The highest BCUT2D eigenvalue weighted by Crippen LogP contribution is 2.27. The van der Waals surface area contributed by atoms with Crippen molar-refractivity contribution in [3.8, 4) is 5.75 Å². The Morgan fingerprint density at radius 1 is 1.42 bits per heavy atom. The second-order valence-electron chi connectivity index (χ2n) is 7.21. The molecule has 0 radical (unpaired) electrons. The highest BCUT2D eigenvalue weighted by atomic mass is 19.1. The monoisotopic (exact) mass is 359 g/mol. The zero-order valence-electron chi connectivity index (χ0n) is 15.6. The van der Waals surface area contributed by atoms with Gasteiger partial charge in [0.25, 0.3) is 0 Å². The van der Waals surface area contributed by atoms with Gasteiger partial charge < -0.3 is 4.74 Å². The number of piperidine rings is 1. The Bertz CT molecular complexity index is 772. The largest absolute Gasteiger partial charge is 0.496 e. The van der Waals surface area contributed by atoms with E-state index < -0.39 is 5.82 Å². The molecule has 5 nitrogen and oxygen atoms in total. The van der Waals surface area contributed by atoms with Crippen LogP contribution in [0.1, 0.15) is 48.7 Å². The van der Waals surface area contributed by atoms with Crippen molar-refractivity contribution in [3.05, 3.63) is 47.5 Å². The van der Waals surface area contributed by atoms with Gasteiger partial charge in [-0.25, -0.2) is 4.39 Å². The first-order valence-electron chi connectivity index (χ1n) is 9.11. The van der Waals surface area contributed by atoms with Crippen molar-refractivity contribution in [2.75, 3.05) is 20.2 Å². The number of methoxy groups -OCH3 is 1. The number of Topliss-reactive ketones (excluding diaryl/α,β-unsaturated/α-hetero) is 1. The summed E-state index contributed by atoms with van der Waals surface area (Å²) in [7, 11) is 1.50. The molecule has 6 heteroatoms. The van der Waals surface area contributed by atoms with Gasteiger partial charge in [-0.1, -0.05) is 0 Å². The predicted molar refractivity (Wildman–Crippen MR) is 97.9 cm³/mol. The SMILES string of the molecule is COc1ccc(F)cc1C(=O)[C@@H]1CCCN(Cc2cnn(C(C)C)c2)C1. The second kappa shape index (κ2) is 7.99. The molecule has 2 aromatic rings. The Labute approximate surface area is 153 Å². The lowest BCUT2D eigenvalue weighted by Gasteiger charge is -2.31. The van der Waals surface area contributed by atoms with Gasteiger partial charge in [-0.3, -0.25) is 14.4 Å². The van der Waals surface area contributed by atoms with Crippen LogP contribution in [0.15, 0.2) is 30.6 Å². The Morgan fingerprint density at radius 2 is 2.23 bits per heavy atom. The number of likely N-dealkylation sites (tertiary alicyclic amines) is 1. The van der Waals surface area contributed by atoms with E-state index in [4.69, 9.17) is 4.74 Å². The molecule has 0 spiro atoms. The third kappa shape index (κ3) is 4.12. The van der Waals surface area contributed by atoms with Crippen LogP contribution in [-0.2, 0) is 6.54 Å². The van der Waals surface area contributed by atoms with Crippen molar-refractivity contribution in [1.82, 2.24) is 14.7 Å². The van der Waals surface area contributed by atoms with E-state index in [0.29, 0.717) is 23.9 Å². The van der Waals surface area contributed by atoms with Crippen LogP contribution in [0.5, 0.6) is 5.75 Å². The van der Waals surface area contributed by atoms with Crippen LogP contribution in [-0.4, -0.2) is 40.7 Å². The third-order valence-corrected chi connectivity index (χ3v) is 4.89. The number of hydrogen-bond acceptors (Lipinski definition) is 4. The molecule has 1 saturated heterocycles. The zero-order valence-corrected chi connectivity index (χ0v) is 15.6. The van der Waals surface area contributed by atoms with Gasteiger partial charge in [0.05, 0.1) is 18.9 Å². The van der Waals surface area contributed by atoms with Crippen LogP contribution in [0.2, 0.25) is 0 Å². The number of carbonyl (C=O) groups is 1. The third-order valence-electron chi connectivity index (χ3n) is 4.89. The topological polar surface area (TPSA) is 47.4 Å². The first-order chi connectivity index (χ1) is 12.5. The van der Waals surface area contributed by atoms with Crippen molar-refractivity contribution in [2.45, 2.75) is 39.3 Å². The van der Waals surface area contributed by atoms with E-state index in [9.17, 15) is 9.18 Å². The second-order valence-corrected chi connectivity index (χ2v) is 7.21. The molecule has 0 bridgehead atoms. The van der Waals surface area contributed by atoms with Crippen LogP contribution >= 0.6 is 0 Å². The summed E-state index contributed by atoms with van der Waals surface area (Å²) in [6.07, 6.45) is 5.72. The van der Waals surface area contributed by atoms with E-state index in [2.05, 4.69) is 30.0 Å². The number of aromatic nitrogens is 2. The van der Waals surface area contributed by atoms with Gasteiger partial charge in [0.15, 0.2) is 5.78 Å². The first-order valence-corrected chi connectivity index (χ1v) is 9.11. The molecule has 1 aromatic heterocycles. The molecule has 3 rings (SSSR count). The summed E-state index contributed by atoms with van der Waals surface area (Å²) in [5.74, 6) is -0.154. The Morgan fingerprint density at radius 3 is 2.92 bits per heavy atom. The molecule has 2 heterocycles. The van der Waals surface area contributed by atoms with Crippen molar-refractivity contribution >= 4 is 5.78 Å². The zero-order chi connectivity index (χ0) is 18.7. The van der Waals surface area contributed by atoms with Gasteiger partial charge >= 0.3 is 0 Å². The fourth-order valence-corrected chi connectivity index (χ4v) is 3.51. The normalized spacial score (nSPS) is 18.3. The van der Waals surface area contributed by atoms with Gasteiger partial charge in [0, 0.05) is 36.8 Å².